The summed E-state index contributed by atoms with van der Waals surface area (Å²) in [5.41, 5.74) is 3.05. The Morgan fingerprint density at radius 3 is 3.00 bits per heavy atom. The third kappa shape index (κ3) is 1.96. The van der Waals surface area contributed by atoms with Gasteiger partial charge >= 0.3 is 0 Å². The van der Waals surface area contributed by atoms with Crippen LogP contribution < -0.4 is 5.43 Å². The van der Waals surface area contributed by atoms with Gasteiger partial charge in [-0.25, -0.2) is 14.8 Å². The Balaban J connectivity index is 2.50. The number of hydrogen-bond donors (Lipinski definition) is 2. The van der Waals surface area contributed by atoms with E-state index in [0.717, 1.165) is 0 Å². The van der Waals surface area contributed by atoms with Crippen LogP contribution in [0.25, 0.3) is 11.5 Å². The Morgan fingerprint density at radius 1 is 1.56 bits per heavy atom. The molecule has 7 nitrogen and oxygen atoms in total. The Labute approximate surface area is 95.5 Å². The molecule has 82 valence electrons. The van der Waals surface area contributed by atoms with Gasteiger partial charge in [0.05, 0.1) is 6.20 Å². The number of aromatic amines is 1. The molecule has 0 aliphatic rings. The molecule has 0 unspecified atom stereocenters. The molecular weight excluding hydrogens is 228 g/mol. The molecule has 2 aromatic rings. The van der Waals surface area contributed by atoms with Gasteiger partial charge in [-0.1, -0.05) is 0 Å². The SMILES string of the molecule is CC(=O)Nn1c(-c2cnccn2)n[nH]c1=S. The molecule has 2 N–H and O–H groups in total. The molecule has 0 radical (unpaired) electrons. The van der Waals surface area contributed by atoms with E-state index in [9.17, 15) is 4.79 Å². The monoisotopic (exact) mass is 236 g/mol. The van der Waals surface area contributed by atoms with Crippen molar-refractivity contribution >= 4 is 18.1 Å². The van der Waals surface area contributed by atoms with Crippen LogP contribution in [0.4, 0.5) is 0 Å². The molecule has 0 atom stereocenters. The van der Waals surface area contributed by atoms with Gasteiger partial charge in [0.2, 0.25) is 16.5 Å². The molecular formula is C8H8N6OS. The van der Waals surface area contributed by atoms with Crippen molar-refractivity contribution in [3.63, 3.8) is 0 Å². The van der Waals surface area contributed by atoms with E-state index in [1.807, 2.05) is 0 Å². The van der Waals surface area contributed by atoms with Crippen molar-refractivity contribution in [2.75, 3.05) is 5.43 Å². The van der Waals surface area contributed by atoms with Gasteiger partial charge in [0, 0.05) is 19.3 Å². The fraction of sp³-hybridized carbons (Fsp3) is 0.125. The lowest BCUT2D eigenvalue weighted by atomic mass is 10.4. The fourth-order valence-electron chi connectivity index (χ4n) is 1.14. The number of H-pyrrole nitrogens is 1. The molecule has 0 aliphatic carbocycles. The molecule has 0 saturated carbocycles. The van der Waals surface area contributed by atoms with Crippen LogP contribution in [0.15, 0.2) is 18.6 Å². The van der Waals surface area contributed by atoms with Crippen LogP contribution in [0, 0.1) is 4.77 Å². The summed E-state index contributed by atoms with van der Waals surface area (Å²) < 4.78 is 1.64. The molecule has 0 aliphatic heterocycles. The molecule has 8 heteroatoms. The van der Waals surface area contributed by atoms with Crippen molar-refractivity contribution in [1.82, 2.24) is 24.8 Å². The number of nitrogens with zero attached hydrogens (tertiary/aromatic N) is 4. The number of amides is 1. The van der Waals surface area contributed by atoms with Crippen LogP contribution >= 0.6 is 12.2 Å². The topological polar surface area (TPSA) is 88.5 Å². The highest BCUT2D eigenvalue weighted by atomic mass is 32.1. The molecule has 0 spiro atoms. The molecule has 0 saturated heterocycles. The zero-order valence-corrected chi connectivity index (χ0v) is 9.15. The first kappa shape index (κ1) is 10.4. The van der Waals surface area contributed by atoms with E-state index in [4.69, 9.17) is 12.2 Å². The summed E-state index contributed by atoms with van der Waals surface area (Å²) in [7, 11) is 0. The molecule has 0 aromatic carbocycles. The highest BCUT2D eigenvalue weighted by molar-refractivity contribution is 7.71. The van der Waals surface area contributed by atoms with Gasteiger partial charge in [-0.15, -0.1) is 0 Å². The summed E-state index contributed by atoms with van der Waals surface area (Å²) in [6, 6.07) is 0. The van der Waals surface area contributed by atoms with Crippen molar-refractivity contribution in [3.8, 4) is 11.5 Å². The standard InChI is InChI=1S/C8H8N6OS/c1-5(15)13-14-7(11-12-8(14)16)6-4-9-2-3-10-6/h2-4H,1H3,(H,12,16)(H,13,15). The number of aromatic nitrogens is 5. The third-order valence-electron chi connectivity index (χ3n) is 1.73. The average Bonchev–Trinajstić information content (AvgIpc) is 2.61. The number of rotatable bonds is 2. The molecule has 16 heavy (non-hydrogen) atoms. The largest absolute Gasteiger partial charge is 0.274 e. The van der Waals surface area contributed by atoms with Gasteiger partial charge in [-0.05, 0) is 12.2 Å². The Bertz CT molecular complexity index is 559. The Kier molecular flexibility index (Phi) is 2.73. The second kappa shape index (κ2) is 4.19. The van der Waals surface area contributed by atoms with Crippen molar-refractivity contribution in [2.45, 2.75) is 6.92 Å². The second-order valence-electron chi connectivity index (χ2n) is 2.95. The number of hydrogen-bond acceptors (Lipinski definition) is 5. The maximum absolute atomic E-state index is 11.0. The van der Waals surface area contributed by atoms with Gasteiger partial charge < -0.3 is 0 Å². The van der Waals surface area contributed by atoms with E-state index in [1.165, 1.54) is 24.0 Å². The van der Waals surface area contributed by atoms with Crippen LogP contribution in [-0.4, -0.2) is 30.7 Å². The van der Waals surface area contributed by atoms with E-state index < -0.39 is 0 Å². The number of carbonyl (C=O) groups is 1. The third-order valence-corrected chi connectivity index (χ3v) is 2.01. The number of carbonyl (C=O) groups excluding carboxylic acids is 1. The van der Waals surface area contributed by atoms with Crippen LogP contribution in [0.2, 0.25) is 0 Å². The summed E-state index contributed by atoms with van der Waals surface area (Å²) in [6.45, 7) is 1.38. The molecule has 1 amide bonds. The highest BCUT2D eigenvalue weighted by Gasteiger charge is 2.10. The predicted molar refractivity (Wildman–Crippen MR) is 58.5 cm³/mol. The van der Waals surface area contributed by atoms with E-state index >= 15 is 0 Å². The zero-order chi connectivity index (χ0) is 11.5. The van der Waals surface area contributed by atoms with Gasteiger partial charge in [-0.3, -0.25) is 15.2 Å². The van der Waals surface area contributed by atoms with Gasteiger partial charge in [-0.2, -0.15) is 5.10 Å². The minimum atomic E-state index is -0.248. The lowest BCUT2D eigenvalue weighted by molar-refractivity contribution is -0.115. The second-order valence-corrected chi connectivity index (χ2v) is 3.33. The molecule has 2 rings (SSSR count). The molecule has 0 fully saturated rings. The quantitative estimate of drug-likeness (QED) is 0.741. The van der Waals surface area contributed by atoms with Crippen LogP contribution in [0.5, 0.6) is 0 Å². The normalized spacial score (nSPS) is 10.1. The first-order chi connectivity index (χ1) is 7.68. The van der Waals surface area contributed by atoms with Crippen molar-refractivity contribution in [2.24, 2.45) is 0 Å². The van der Waals surface area contributed by atoms with Crippen molar-refractivity contribution in [3.05, 3.63) is 23.4 Å². The van der Waals surface area contributed by atoms with E-state index in [-0.39, 0.29) is 10.7 Å². The summed E-state index contributed by atoms with van der Waals surface area (Å²) in [6.07, 6.45) is 4.61. The summed E-state index contributed by atoms with van der Waals surface area (Å²) in [5.74, 6) is 0.163. The lowest BCUT2D eigenvalue weighted by Crippen LogP contribution is -2.21. The van der Waals surface area contributed by atoms with Crippen LogP contribution in [-0.2, 0) is 4.79 Å². The van der Waals surface area contributed by atoms with Crippen molar-refractivity contribution in [1.29, 1.82) is 0 Å². The predicted octanol–water partition coefficient (Wildman–Crippen LogP) is 0.488. The summed E-state index contributed by atoms with van der Waals surface area (Å²) >= 11 is 4.97. The smallest absolute Gasteiger partial charge is 0.235 e. The lowest BCUT2D eigenvalue weighted by Gasteiger charge is -2.04. The van der Waals surface area contributed by atoms with Gasteiger partial charge in [0.25, 0.3) is 0 Å². The minimum Gasteiger partial charge on any atom is -0.274 e. The first-order valence-electron chi connectivity index (χ1n) is 4.40. The zero-order valence-electron chi connectivity index (χ0n) is 8.34. The summed E-state index contributed by atoms with van der Waals surface area (Å²) in [5, 5.41) is 6.54. The first-order valence-corrected chi connectivity index (χ1v) is 4.80. The van der Waals surface area contributed by atoms with E-state index in [1.54, 1.807) is 6.20 Å². The average molecular weight is 236 g/mol. The van der Waals surface area contributed by atoms with Crippen molar-refractivity contribution < 1.29 is 4.79 Å². The van der Waals surface area contributed by atoms with Crippen LogP contribution in [0.3, 0.4) is 0 Å². The van der Waals surface area contributed by atoms with E-state index in [2.05, 4.69) is 25.6 Å². The molecule has 0 bridgehead atoms. The Morgan fingerprint density at radius 2 is 2.38 bits per heavy atom. The van der Waals surface area contributed by atoms with E-state index in [0.29, 0.717) is 11.5 Å². The molecule has 2 heterocycles. The maximum atomic E-state index is 11.0. The molecule has 2 aromatic heterocycles. The number of nitrogens with one attached hydrogen (secondary N) is 2. The van der Waals surface area contributed by atoms with Gasteiger partial charge in [0.1, 0.15) is 5.69 Å². The summed E-state index contributed by atoms with van der Waals surface area (Å²) in [4.78, 5) is 19.0. The maximum Gasteiger partial charge on any atom is 0.235 e. The van der Waals surface area contributed by atoms with Gasteiger partial charge in [0.15, 0.2) is 0 Å². The highest BCUT2D eigenvalue weighted by Crippen LogP contribution is 2.10. The minimum absolute atomic E-state index is 0.248. The fourth-order valence-corrected chi connectivity index (χ4v) is 1.32. The Hall–Kier alpha value is -2.09. The van der Waals surface area contributed by atoms with Crippen LogP contribution in [0.1, 0.15) is 6.92 Å².